The first-order valence-corrected chi connectivity index (χ1v) is 11.3. The minimum Gasteiger partial charge on any atom is -0.490 e. The highest BCUT2D eigenvalue weighted by Gasteiger charge is 2.39. The summed E-state index contributed by atoms with van der Waals surface area (Å²) >= 11 is 0. The maximum Gasteiger partial charge on any atom is 0.146 e. The Morgan fingerprint density at radius 1 is 1.00 bits per heavy atom. The molecule has 4 rings (SSSR count). The van der Waals surface area contributed by atoms with Crippen molar-refractivity contribution in [2.75, 3.05) is 57.4 Å². The third-order valence-electron chi connectivity index (χ3n) is 6.44. The summed E-state index contributed by atoms with van der Waals surface area (Å²) in [5.41, 5.74) is -0.453. The van der Waals surface area contributed by atoms with E-state index in [0.29, 0.717) is 57.9 Å². The van der Waals surface area contributed by atoms with E-state index in [2.05, 4.69) is 4.90 Å². The molecule has 2 N–H and O–H groups in total. The van der Waals surface area contributed by atoms with E-state index >= 15 is 0 Å². The van der Waals surface area contributed by atoms with E-state index < -0.39 is 11.2 Å². The number of anilines is 1. The van der Waals surface area contributed by atoms with Gasteiger partial charge >= 0.3 is 0 Å². The Labute approximate surface area is 189 Å². The molecule has 174 valence electrons. The smallest absolute Gasteiger partial charge is 0.146 e. The van der Waals surface area contributed by atoms with Crippen LogP contribution in [-0.4, -0.2) is 78.9 Å². The number of hydrogen-bond donors (Lipinski definition) is 2. The van der Waals surface area contributed by atoms with E-state index in [0.717, 1.165) is 11.3 Å². The van der Waals surface area contributed by atoms with Crippen LogP contribution in [-0.2, 0) is 4.74 Å². The summed E-state index contributed by atoms with van der Waals surface area (Å²) in [4.78, 5) is 4.05. The van der Waals surface area contributed by atoms with Gasteiger partial charge in [0.2, 0.25) is 0 Å². The predicted octanol–water partition coefficient (Wildman–Crippen LogP) is 2.61. The lowest BCUT2D eigenvalue weighted by Gasteiger charge is -2.42. The number of nitrogens with zero attached hydrogens (tertiary/aromatic N) is 2. The molecule has 7 heteroatoms. The topological polar surface area (TPSA) is 65.4 Å². The molecule has 2 aliphatic heterocycles. The molecule has 0 bridgehead atoms. The van der Waals surface area contributed by atoms with E-state index in [9.17, 15) is 14.6 Å². The first-order chi connectivity index (χ1) is 15.4. The maximum atomic E-state index is 14.1. The Bertz CT molecular complexity index is 903. The minimum absolute atomic E-state index is 0.119. The van der Waals surface area contributed by atoms with Crippen LogP contribution in [0.25, 0.3) is 0 Å². The zero-order valence-electron chi connectivity index (χ0n) is 18.7. The van der Waals surface area contributed by atoms with Crippen LogP contribution in [0.5, 0.6) is 5.75 Å². The largest absolute Gasteiger partial charge is 0.490 e. The molecule has 0 aliphatic carbocycles. The first-order valence-electron chi connectivity index (χ1n) is 11.3. The van der Waals surface area contributed by atoms with Crippen LogP contribution >= 0.6 is 0 Å². The van der Waals surface area contributed by atoms with Crippen LogP contribution in [0.1, 0.15) is 18.4 Å². The average molecular weight is 445 g/mol. The minimum atomic E-state index is -1.16. The SMILES string of the molecule is Cc1ccccc1OC[C@]1(O)COCCN(CC2(O)CCN(c3ccccc3F)CC2)C1. The Morgan fingerprint density at radius 2 is 1.72 bits per heavy atom. The fraction of sp³-hybridized carbons (Fsp3) is 0.520. The molecule has 0 unspecified atom stereocenters. The second kappa shape index (κ2) is 9.75. The molecule has 0 aromatic heterocycles. The van der Waals surface area contributed by atoms with Crippen LogP contribution in [0.3, 0.4) is 0 Å². The van der Waals surface area contributed by atoms with Gasteiger partial charge in [-0.3, -0.25) is 4.90 Å². The fourth-order valence-corrected chi connectivity index (χ4v) is 4.60. The summed E-state index contributed by atoms with van der Waals surface area (Å²) in [6, 6.07) is 14.5. The third kappa shape index (κ3) is 5.59. The first kappa shape index (κ1) is 23.0. The number of ether oxygens (including phenoxy) is 2. The van der Waals surface area contributed by atoms with Gasteiger partial charge in [-0.15, -0.1) is 0 Å². The molecule has 0 saturated carbocycles. The number of β-amino-alcohol motifs (C(OH)–C–C–N with tert-alkyl or cyclic N) is 2. The van der Waals surface area contributed by atoms with E-state index in [1.807, 2.05) is 42.2 Å². The van der Waals surface area contributed by atoms with Gasteiger partial charge in [0.25, 0.3) is 0 Å². The van der Waals surface area contributed by atoms with Crippen LogP contribution in [0.4, 0.5) is 10.1 Å². The molecule has 0 amide bonds. The molecule has 6 nitrogen and oxygen atoms in total. The highest BCUT2D eigenvalue weighted by molar-refractivity contribution is 5.48. The highest BCUT2D eigenvalue weighted by atomic mass is 19.1. The van der Waals surface area contributed by atoms with Gasteiger partial charge in [-0.2, -0.15) is 0 Å². The summed E-state index contributed by atoms with van der Waals surface area (Å²) in [7, 11) is 0. The summed E-state index contributed by atoms with van der Waals surface area (Å²) in [5, 5.41) is 22.4. The standard InChI is InChI=1S/C25H33FN2O4/c1-20-6-2-5-9-23(20)32-19-25(30)17-27(14-15-31-18-25)16-24(29)10-12-28(13-11-24)22-8-4-3-7-21(22)26/h2-9,29-30H,10-19H2,1H3/t25-/m1/s1. The average Bonchev–Trinajstić information content (AvgIpc) is 2.95. The van der Waals surface area contributed by atoms with Crippen LogP contribution in [0.15, 0.2) is 48.5 Å². The lowest BCUT2D eigenvalue weighted by atomic mass is 9.90. The summed E-state index contributed by atoms with van der Waals surface area (Å²) < 4.78 is 25.7. The maximum absolute atomic E-state index is 14.1. The van der Waals surface area contributed by atoms with E-state index in [-0.39, 0.29) is 19.0 Å². The van der Waals surface area contributed by atoms with Crippen molar-refractivity contribution in [1.29, 1.82) is 0 Å². The monoisotopic (exact) mass is 444 g/mol. The molecule has 2 heterocycles. The van der Waals surface area contributed by atoms with E-state index in [1.54, 1.807) is 12.1 Å². The number of aliphatic hydroxyl groups is 2. The van der Waals surface area contributed by atoms with Crippen molar-refractivity contribution in [2.24, 2.45) is 0 Å². The van der Waals surface area contributed by atoms with Crippen molar-refractivity contribution in [3.63, 3.8) is 0 Å². The second-order valence-corrected chi connectivity index (χ2v) is 9.20. The number of para-hydroxylation sites is 2. The van der Waals surface area contributed by atoms with E-state index in [4.69, 9.17) is 9.47 Å². The molecule has 2 aliphatic rings. The molecule has 2 aromatic rings. The second-order valence-electron chi connectivity index (χ2n) is 9.20. The highest BCUT2D eigenvalue weighted by Crippen LogP contribution is 2.29. The number of benzene rings is 2. The Hall–Kier alpha value is -2.19. The van der Waals surface area contributed by atoms with Gasteiger partial charge in [0.15, 0.2) is 0 Å². The summed E-state index contributed by atoms with van der Waals surface area (Å²) in [5.74, 6) is 0.511. The van der Waals surface area contributed by atoms with Gasteiger partial charge in [0, 0.05) is 32.7 Å². The normalized spacial score (nSPS) is 24.2. The van der Waals surface area contributed by atoms with Crippen LogP contribution in [0.2, 0.25) is 0 Å². The van der Waals surface area contributed by atoms with Crippen LogP contribution < -0.4 is 9.64 Å². The van der Waals surface area contributed by atoms with Crippen molar-refractivity contribution in [3.8, 4) is 5.75 Å². The van der Waals surface area contributed by atoms with Gasteiger partial charge in [0.05, 0.1) is 24.5 Å². The zero-order chi connectivity index (χ0) is 22.6. The van der Waals surface area contributed by atoms with Gasteiger partial charge < -0.3 is 24.6 Å². The quantitative estimate of drug-likeness (QED) is 0.714. The van der Waals surface area contributed by atoms with Crippen molar-refractivity contribution in [3.05, 3.63) is 59.9 Å². The van der Waals surface area contributed by atoms with Gasteiger partial charge in [-0.25, -0.2) is 4.39 Å². The lowest BCUT2D eigenvalue weighted by Crippen LogP contribution is -2.55. The number of rotatable bonds is 6. The van der Waals surface area contributed by atoms with Crippen molar-refractivity contribution >= 4 is 5.69 Å². The molecular formula is C25H33FN2O4. The predicted molar refractivity (Wildman–Crippen MR) is 122 cm³/mol. The Morgan fingerprint density at radius 3 is 2.47 bits per heavy atom. The van der Waals surface area contributed by atoms with Gasteiger partial charge in [-0.05, 0) is 43.5 Å². The molecule has 2 aromatic carbocycles. The Kier molecular flexibility index (Phi) is 7.00. The van der Waals surface area contributed by atoms with E-state index in [1.165, 1.54) is 6.07 Å². The molecular weight excluding hydrogens is 411 g/mol. The lowest BCUT2D eigenvalue weighted by molar-refractivity contribution is -0.0743. The summed E-state index contributed by atoms with van der Waals surface area (Å²) in [6.07, 6.45) is 1.08. The summed E-state index contributed by atoms with van der Waals surface area (Å²) in [6.45, 7) is 5.37. The number of halogens is 1. The molecule has 2 fully saturated rings. The Balaban J connectivity index is 1.35. The number of hydrogen-bond acceptors (Lipinski definition) is 6. The zero-order valence-corrected chi connectivity index (χ0v) is 18.7. The molecule has 2 saturated heterocycles. The van der Waals surface area contributed by atoms with Crippen molar-refractivity contribution in [1.82, 2.24) is 4.90 Å². The van der Waals surface area contributed by atoms with Crippen molar-refractivity contribution < 1.29 is 24.1 Å². The molecule has 32 heavy (non-hydrogen) atoms. The van der Waals surface area contributed by atoms with Crippen molar-refractivity contribution in [2.45, 2.75) is 31.0 Å². The third-order valence-corrected chi connectivity index (χ3v) is 6.44. The van der Waals surface area contributed by atoms with Gasteiger partial charge in [-0.1, -0.05) is 30.3 Å². The number of aryl methyl sites for hydroxylation is 1. The fourth-order valence-electron chi connectivity index (χ4n) is 4.60. The number of piperidine rings is 1. The van der Waals surface area contributed by atoms with Gasteiger partial charge in [0.1, 0.15) is 23.8 Å². The van der Waals surface area contributed by atoms with Crippen LogP contribution in [0, 0.1) is 12.7 Å². The molecule has 0 spiro atoms. The molecule has 0 radical (unpaired) electrons. The molecule has 1 atom stereocenters.